The number of rotatable bonds is 4. The van der Waals surface area contributed by atoms with Gasteiger partial charge in [-0.2, -0.15) is 0 Å². The van der Waals surface area contributed by atoms with Crippen molar-refractivity contribution in [3.63, 3.8) is 0 Å². The van der Waals surface area contributed by atoms with Crippen molar-refractivity contribution in [3.8, 4) is 0 Å². The molecule has 0 saturated heterocycles. The predicted molar refractivity (Wildman–Crippen MR) is 71.3 cm³/mol. The summed E-state index contributed by atoms with van der Waals surface area (Å²) < 4.78 is 4.60. The number of carbonyl (C=O) groups excluding carboxylic acids is 1. The van der Waals surface area contributed by atoms with Crippen molar-refractivity contribution in [1.82, 2.24) is 0 Å². The van der Waals surface area contributed by atoms with Gasteiger partial charge < -0.3 is 10.5 Å². The minimum Gasteiger partial charge on any atom is -0.468 e. The highest BCUT2D eigenvalue weighted by molar-refractivity contribution is 9.10. The zero-order chi connectivity index (χ0) is 12.1. The molecule has 2 N–H and O–H groups in total. The van der Waals surface area contributed by atoms with Crippen molar-refractivity contribution in [2.45, 2.75) is 9.72 Å². The topological polar surface area (TPSA) is 52.3 Å². The fourth-order valence-electron chi connectivity index (χ4n) is 1.01. The number of ether oxygens (including phenoxy) is 1. The third kappa shape index (κ3) is 3.88. The van der Waals surface area contributed by atoms with E-state index in [1.165, 1.54) is 18.9 Å². The van der Waals surface area contributed by atoms with E-state index in [1.807, 2.05) is 6.07 Å². The van der Waals surface area contributed by atoms with Gasteiger partial charge in [-0.3, -0.25) is 4.79 Å². The second kappa shape index (κ2) is 6.37. The van der Waals surface area contributed by atoms with Crippen LogP contribution in [0, 0.1) is 0 Å². The van der Waals surface area contributed by atoms with Crippen LogP contribution in [-0.2, 0) is 9.53 Å². The largest absolute Gasteiger partial charge is 0.468 e. The number of alkyl halides is 1. The lowest BCUT2D eigenvalue weighted by molar-refractivity contribution is -0.139. The molecule has 16 heavy (non-hydrogen) atoms. The summed E-state index contributed by atoms with van der Waals surface area (Å²) in [5, 5.41) is 0.602. The molecule has 1 aromatic carbocycles. The van der Waals surface area contributed by atoms with Gasteiger partial charge >= 0.3 is 5.97 Å². The van der Waals surface area contributed by atoms with E-state index in [2.05, 4.69) is 20.7 Å². The fraction of sp³-hybridized carbons (Fsp3) is 0.300. The number of thioether (sulfide) groups is 1. The first kappa shape index (κ1) is 13.7. The minimum atomic E-state index is -0.336. The number of hydrogen-bond donors (Lipinski definition) is 1. The first-order valence-corrected chi connectivity index (χ1v) is 6.72. The molecule has 0 heterocycles. The van der Waals surface area contributed by atoms with Gasteiger partial charge in [-0.1, -0.05) is 27.5 Å². The molecular weight excluding hydrogens is 314 g/mol. The smallest absolute Gasteiger partial charge is 0.320 e. The Bertz CT molecular complexity index is 389. The number of carbonyl (C=O) groups is 1. The second-order valence-electron chi connectivity index (χ2n) is 2.98. The maximum absolute atomic E-state index is 11.1. The van der Waals surface area contributed by atoms with Gasteiger partial charge in [0.05, 0.1) is 7.11 Å². The molecular formula is C10H11BrClNO2S. The summed E-state index contributed by atoms with van der Waals surface area (Å²) in [5.74, 6) is 0.262. The van der Waals surface area contributed by atoms with Gasteiger partial charge in [-0.15, -0.1) is 11.8 Å². The van der Waals surface area contributed by atoms with E-state index in [0.717, 1.165) is 4.90 Å². The number of nitrogen functional groups attached to an aromatic ring is 1. The third-order valence-corrected chi connectivity index (χ3v) is 4.36. The molecule has 3 nitrogen and oxygen atoms in total. The Balaban J connectivity index is 2.58. The van der Waals surface area contributed by atoms with Gasteiger partial charge in [0.15, 0.2) is 0 Å². The van der Waals surface area contributed by atoms with Crippen LogP contribution < -0.4 is 5.73 Å². The monoisotopic (exact) mass is 323 g/mol. The van der Waals surface area contributed by atoms with Crippen molar-refractivity contribution >= 4 is 50.9 Å². The lowest BCUT2D eigenvalue weighted by Crippen LogP contribution is -2.17. The number of nitrogens with two attached hydrogens (primary N) is 1. The Morgan fingerprint density at radius 2 is 2.38 bits per heavy atom. The van der Waals surface area contributed by atoms with Crippen LogP contribution in [0.4, 0.5) is 5.69 Å². The normalized spacial score (nSPS) is 12.2. The zero-order valence-corrected chi connectivity index (χ0v) is 11.7. The molecule has 88 valence electrons. The van der Waals surface area contributed by atoms with Crippen LogP contribution >= 0.6 is 39.3 Å². The van der Waals surface area contributed by atoms with Crippen molar-refractivity contribution in [2.75, 3.05) is 18.6 Å². The average molecular weight is 325 g/mol. The van der Waals surface area contributed by atoms with Crippen molar-refractivity contribution in [3.05, 3.63) is 23.2 Å². The van der Waals surface area contributed by atoms with E-state index >= 15 is 0 Å². The number of anilines is 1. The van der Waals surface area contributed by atoms with Gasteiger partial charge in [-0.25, -0.2) is 0 Å². The Morgan fingerprint density at radius 1 is 1.69 bits per heavy atom. The van der Waals surface area contributed by atoms with E-state index < -0.39 is 0 Å². The fourth-order valence-corrected chi connectivity index (χ4v) is 2.63. The maximum atomic E-state index is 11.1. The highest BCUT2D eigenvalue weighted by atomic mass is 79.9. The van der Waals surface area contributed by atoms with E-state index in [1.54, 1.807) is 12.1 Å². The molecule has 0 fully saturated rings. The molecule has 1 rings (SSSR count). The first-order valence-electron chi connectivity index (χ1n) is 4.44. The Morgan fingerprint density at radius 3 is 2.94 bits per heavy atom. The van der Waals surface area contributed by atoms with Gasteiger partial charge in [0.1, 0.15) is 4.83 Å². The summed E-state index contributed by atoms with van der Waals surface area (Å²) in [4.78, 5) is 11.7. The number of benzene rings is 1. The van der Waals surface area contributed by atoms with Crippen LogP contribution in [0.2, 0.25) is 5.02 Å². The summed E-state index contributed by atoms with van der Waals surface area (Å²) in [5.41, 5.74) is 6.39. The van der Waals surface area contributed by atoms with Crippen LogP contribution in [0.3, 0.4) is 0 Å². The lowest BCUT2D eigenvalue weighted by atomic mass is 10.3. The van der Waals surface area contributed by atoms with Crippen LogP contribution in [0.1, 0.15) is 0 Å². The predicted octanol–water partition coefficient (Wildman–Crippen LogP) is 2.95. The molecule has 0 aliphatic heterocycles. The molecule has 1 atom stereocenters. The molecule has 0 aliphatic carbocycles. The maximum Gasteiger partial charge on any atom is 0.320 e. The van der Waals surface area contributed by atoms with Crippen molar-refractivity contribution in [1.29, 1.82) is 0 Å². The highest BCUT2D eigenvalue weighted by Gasteiger charge is 2.15. The molecule has 0 spiro atoms. The number of halogens is 2. The van der Waals surface area contributed by atoms with Crippen molar-refractivity contribution in [2.24, 2.45) is 0 Å². The molecule has 1 aromatic rings. The minimum absolute atomic E-state index is 0.292. The molecule has 0 aromatic heterocycles. The van der Waals surface area contributed by atoms with E-state index in [4.69, 9.17) is 17.3 Å². The highest BCUT2D eigenvalue weighted by Crippen LogP contribution is 2.29. The molecule has 6 heteroatoms. The van der Waals surface area contributed by atoms with Gasteiger partial charge in [0, 0.05) is 21.4 Å². The first-order chi connectivity index (χ1) is 7.54. The zero-order valence-electron chi connectivity index (χ0n) is 8.57. The summed E-state index contributed by atoms with van der Waals surface area (Å²) in [6, 6.07) is 5.28. The van der Waals surface area contributed by atoms with Gasteiger partial charge in [0.2, 0.25) is 0 Å². The number of esters is 1. The lowest BCUT2D eigenvalue weighted by Gasteiger charge is -2.08. The number of methoxy groups -OCH3 is 1. The summed E-state index contributed by atoms with van der Waals surface area (Å²) in [6.45, 7) is 0. The third-order valence-electron chi connectivity index (χ3n) is 1.81. The van der Waals surface area contributed by atoms with Crippen molar-refractivity contribution < 1.29 is 9.53 Å². The van der Waals surface area contributed by atoms with E-state index in [0.29, 0.717) is 16.5 Å². The van der Waals surface area contributed by atoms with Crippen LogP contribution in [0.25, 0.3) is 0 Å². The molecule has 1 unspecified atom stereocenters. The van der Waals surface area contributed by atoms with Crippen LogP contribution in [0.15, 0.2) is 23.1 Å². The molecule has 0 radical (unpaired) electrons. The number of hydrogen-bond acceptors (Lipinski definition) is 4. The molecule has 0 bridgehead atoms. The van der Waals surface area contributed by atoms with E-state index in [-0.39, 0.29) is 10.8 Å². The average Bonchev–Trinajstić information content (AvgIpc) is 2.26. The van der Waals surface area contributed by atoms with Gasteiger partial charge in [0.25, 0.3) is 0 Å². The molecule has 0 amide bonds. The second-order valence-corrected chi connectivity index (χ2v) is 5.59. The van der Waals surface area contributed by atoms with Gasteiger partial charge in [-0.05, 0) is 18.2 Å². The standard InChI is InChI=1S/C10H11BrClNO2S/c1-15-10(14)7(11)5-16-9-3-2-6(12)4-8(9)13/h2-4,7H,5,13H2,1H3. The quantitative estimate of drug-likeness (QED) is 0.400. The summed E-state index contributed by atoms with van der Waals surface area (Å²) >= 11 is 10.5. The summed E-state index contributed by atoms with van der Waals surface area (Å²) in [7, 11) is 1.36. The van der Waals surface area contributed by atoms with E-state index in [9.17, 15) is 4.79 Å². The molecule has 0 saturated carbocycles. The molecule has 0 aliphatic rings. The van der Waals surface area contributed by atoms with Crippen LogP contribution in [-0.4, -0.2) is 23.7 Å². The van der Waals surface area contributed by atoms with Crippen LogP contribution in [0.5, 0.6) is 0 Å². The Kier molecular flexibility index (Phi) is 5.44. The SMILES string of the molecule is COC(=O)C(Br)CSc1ccc(Cl)cc1N. The Hall–Kier alpha value is -0.390. The Labute approximate surface area is 112 Å². The summed E-state index contributed by atoms with van der Waals surface area (Å²) in [6.07, 6.45) is 0.